The monoisotopic (exact) mass is 379 g/mol. The fourth-order valence-electron chi connectivity index (χ4n) is 3.26. The van der Waals surface area contributed by atoms with Gasteiger partial charge in [-0.05, 0) is 56.8 Å². The van der Waals surface area contributed by atoms with Crippen molar-refractivity contribution in [2.45, 2.75) is 33.1 Å². The van der Waals surface area contributed by atoms with Crippen molar-refractivity contribution < 1.29 is 4.79 Å². The van der Waals surface area contributed by atoms with Crippen molar-refractivity contribution in [2.24, 2.45) is 11.8 Å². The number of amides is 1. The van der Waals surface area contributed by atoms with E-state index in [1.807, 2.05) is 31.2 Å². The molecule has 2 N–H and O–H groups in total. The van der Waals surface area contributed by atoms with Crippen LogP contribution in [0, 0.1) is 18.8 Å². The molecule has 4 nitrogen and oxygen atoms in total. The molecule has 136 valence electrons. The minimum Gasteiger partial charge on any atom is -0.326 e. The van der Waals surface area contributed by atoms with Crippen molar-refractivity contribution in [1.29, 1.82) is 0 Å². The summed E-state index contributed by atoms with van der Waals surface area (Å²) in [6.07, 6.45) is 3.02. The largest absolute Gasteiger partial charge is 0.326 e. The lowest BCUT2D eigenvalue weighted by Gasteiger charge is -2.28. The molecule has 1 aromatic carbocycles. The number of aromatic nitrogens is 1. The summed E-state index contributed by atoms with van der Waals surface area (Å²) in [5.74, 6) is 1.13. The number of thiazole rings is 1. The van der Waals surface area contributed by atoms with Gasteiger partial charge in [0.15, 0.2) is 0 Å². The van der Waals surface area contributed by atoms with E-state index < -0.39 is 0 Å². The molecule has 6 heteroatoms. The molecule has 1 aliphatic heterocycles. The highest BCUT2D eigenvalue weighted by molar-refractivity contribution is 7.09. The van der Waals surface area contributed by atoms with Crippen LogP contribution in [0.5, 0.6) is 0 Å². The highest BCUT2D eigenvalue weighted by atomic mass is 35.5. The molecule has 1 amide bonds. The minimum absolute atomic E-state index is 0. The van der Waals surface area contributed by atoms with E-state index in [2.05, 4.69) is 27.9 Å². The Morgan fingerprint density at radius 2 is 2.16 bits per heavy atom. The Kier molecular flexibility index (Phi) is 7.41. The van der Waals surface area contributed by atoms with Gasteiger partial charge in [-0.1, -0.05) is 19.1 Å². The average Bonchev–Trinajstić information content (AvgIpc) is 3.02. The molecule has 2 aromatic rings. The number of carbonyl (C=O) groups is 1. The van der Waals surface area contributed by atoms with Crippen LogP contribution in [0.25, 0.3) is 11.3 Å². The number of halogens is 1. The zero-order valence-corrected chi connectivity index (χ0v) is 16.4. The summed E-state index contributed by atoms with van der Waals surface area (Å²) in [7, 11) is 0. The van der Waals surface area contributed by atoms with Crippen LogP contribution in [0.3, 0.4) is 0 Å². The second-order valence-corrected chi connectivity index (χ2v) is 7.73. The third-order valence-electron chi connectivity index (χ3n) is 4.73. The zero-order chi connectivity index (χ0) is 16.9. The fourth-order valence-corrected chi connectivity index (χ4v) is 3.88. The van der Waals surface area contributed by atoms with E-state index in [4.69, 9.17) is 0 Å². The molecule has 3 rings (SSSR count). The van der Waals surface area contributed by atoms with Crippen molar-refractivity contribution in [3.05, 3.63) is 34.7 Å². The highest BCUT2D eigenvalue weighted by Gasteiger charge is 2.22. The zero-order valence-electron chi connectivity index (χ0n) is 14.7. The number of carbonyl (C=O) groups excluding carboxylic acids is 1. The molecular weight excluding hydrogens is 354 g/mol. The topological polar surface area (TPSA) is 54.0 Å². The molecule has 0 bridgehead atoms. The van der Waals surface area contributed by atoms with Gasteiger partial charge in [0.2, 0.25) is 5.91 Å². The predicted molar refractivity (Wildman–Crippen MR) is 108 cm³/mol. The van der Waals surface area contributed by atoms with Gasteiger partial charge in [-0.25, -0.2) is 4.98 Å². The smallest absolute Gasteiger partial charge is 0.224 e. The number of benzene rings is 1. The Hall–Kier alpha value is -1.43. The maximum atomic E-state index is 12.3. The molecular formula is C19H26ClN3OS. The van der Waals surface area contributed by atoms with Crippen LogP contribution < -0.4 is 10.6 Å². The van der Waals surface area contributed by atoms with Crippen molar-refractivity contribution in [3.8, 4) is 11.3 Å². The number of piperidine rings is 1. The van der Waals surface area contributed by atoms with Crippen molar-refractivity contribution in [2.75, 3.05) is 18.4 Å². The first-order valence-corrected chi connectivity index (χ1v) is 9.53. The number of aryl methyl sites for hydroxylation is 1. The molecule has 2 atom stereocenters. The molecule has 1 aliphatic rings. The van der Waals surface area contributed by atoms with Crippen molar-refractivity contribution in [1.82, 2.24) is 10.3 Å². The summed E-state index contributed by atoms with van der Waals surface area (Å²) in [5, 5.41) is 9.57. The first kappa shape index (κ1) is 19.9. The van der Waals surface area contributed by atoms with E-state index >= 15 is 0 Å². The summed E-state index contributed by atoms with van der Waals surface area (Å²) >= 11 is 1.65. The van der Waals surface area contributed by atoms with E-state index in [-0.39, 0.29) is 18.3 Å². The molecule has 1 aromatic heterocycles. The Bertz CT molecular complexity index is 680. The van der Waals surface area contributed by atoms with Gasteiger partial charge in [-0.15, -0.1) is 23.7 Å². The lowest BCUT2D eigenvalue weighted by Crippen LogP contribution is -2.34. The number of hydrogen-bond donors (Lipinski definition) is 2. The van der Waals surface area contributed by atoms with Crippen LogP contribution in [0.1, 0.15) is 31.2 Å². The van der Waals surface area contributed by atoms with Crippen LogP contribution in [0.15, 0.2) is 29.6 Å². The summed E-state index contributed by atoms with van der Waals surface area (Å²) in [6, 6.07) is 7.93. The number of nitrogens with zero attached hydrogens (tertiary/aromatic N) is 1. The molecule has 0 aliphatic carbocycles. The SMILES string of the molecule is Cc1nc(-c2ccc(NC(=O)CC(C)C3CCCNC3)cc2)cs1.Cl. The van der Waals surface area contributed by atoms with Gasteiger partial charge in [-0.2, -0.15) is 0 Å². The van der Waals surface area contributed by atoms with Crippen LogP contribution in [-0.4, -0.2) is 24.0 Å². The van der Waals surface area contributed by atoms with E-state index in [1.54, 1.807) is 11.3 Å². The minimum atomic E-state index is 0. The molecule has 0 spiro atoms. The van der Waals surface area contributed by atoms with Gasteiger partial charge in [0, 0.05) is 23.1 Å². The molecule has 2 heterocycles. The first-order valence-electron chi connectivity index (χ1n) is 8.65. The Balaban J connectivity index is 0.00000225. The fraction of sp³-hybridized carbons (Fsp3) is 0.474. The molecule has 2 unspecified atom stereocenters. The number of hydrogen-bond acceptors (Lipinski definition) is 4. The van der Waals surface area contributed by atoms with Crippen LogP contribution in [-0.2, 0) is 4.79 Å². The number of anilines is 1. The third kappa shape index (κ3) is 5.53. The van der Waals surface area contributed by atoms with Gasteiger partial charge < -0.3 is 10.6 Å². The second-order valence-electron chi connectivity index (χ2n) is 6.67. The van der Waals surface area contributed by atoms with Gasteiger partial charge in [0.05, 0.1) is 10.7 Å². The Morgan fingerprint density at radius 1 is 1.40 bits per heavy atom. The summed E-state index contributed by atoms with van der Waals surface area (Å²) in [4.78, 5) is 16.8. The molecule has 0 radical (unpaired) electrons. The maximum absolute atomic E-state index is 12.3. The number of nitrogens with one attached hydrogen (secondary N) is 2. The molecule has 1 fully saturated rings. The van der Waals surface area contributed by atoms with Gasteiger partial charge >= 0.3 is 0 Å². The lowest BCUT2D eigenvalue weighted by atomic mass is 9.85. The van der Waals surface area contributed by atoms with Crippen molar-refractivity contribution >= 4 is 35.3 Å². The summed E-state index contributed by atoms with van der Waals surface area (Å²) < 4.78 is 0. The molecule has 1 saturated heterocycles. The van der Waals surface area contributed by atoms with Crippen molar-refractivity contribution in [3.63, 3.8) is 0 Å². The van der Waals surface area contributed by atoms with E-state index in [1.165, 1.54) is 12.8 Å². The lowest BCUT2D eigenvalue weighted by molar-refractivity contribution is -0.117. The normalized spacial score (nSPS) is 18.2. The van der Waals surface area contributed by atoms with E-state index in [9.17, 15) is 4.79 Å². The average molecular weight is 380 g/mol. The maximum Gasteiger partial charge on any atom is 0.224 e. The number of rotatable bonds is 5. The Morgan fingerprint density at radius 3 is 2.76 bits per heavy atom. The molecule has 25 heavy (non-hydrogen) atoms. The first-order chi connectivity index (χ1) is 11.6. The standard InChI is InChI=1S/C19H25N3OS.ClH/c1-13(16-4-3-9-20-11-16)10-19(23)22-17-7-5-15(6-8-17)18-12-24-14(2)21-18;/h5-8,12-13,16,20H,3-4,9-11H2,1-2H3,(H,22,23);1H. The summed E-state index contributed by atoms with van der Waals surface area (Å²) in [6.45, 7) is 6.34. The quantitative estimate of drug-likeness (QED) is 0.803. The van der Waals surface area contributed by atoms with Gasteiger partial charge in [0.25, 0.3) is 0 Å². The highest BCUT2D eigenvalue weighted by Crippen LogP contribution is 2.25. The summed E-state index contributed by atoms with van der Waals surface area (Å²) in [5.41, 5.74) is 2.93. The van der Waals surface area contributed by atoms with Crippen LogP contribution in [0.2, 0.25) is 0 Å². The predicted octanol–water partition coefficient (Wildman–Crippen LogP) is 4.50. The van der Waals surface area contributed by atoms with E-state index in [0.717, 1.165) is 35.0 Å². The Labute approximate surface area is 159 Å². The van der Waals surface area contributed by atoms with Gasteiger partial charge in [-0.3, -0.25) is 4.79 Å². The third-order valence-corrected chi connectivity index (χ3v) is 5.50. The van der Waals surface area contributed by atoms with Crippen LogP contribution >= 0.6 is 23.7 Å². The van der Waals surface area contributed by atoms with Gasteiger partial charge in [0.1, 0.15) is 0 Å². The molecule has 0 saturated carbocycles. The van der Waals surface area contributed by atoms with Crippen LogP contribution in [0.4, 0.5) is 5.69 Å². The second kappa shape index (κ2) is 9.32. The van der Waals surface area contributed by atoms with E-state index in [0.29, 0.717) is 18.3 Å².